The third-order valence-electron chi connectivity index (χ3n) is 8.94. The molecule has 5 rings (SSSR count). The Morgan fingerprint density at radius 1 is 0.653 bits per heavy atom. The van der Waals surface area contributed by atoms with Gasteiger partial charge in [-0.1, -0.05) is 81.3 Å². The van der Waals surface area contributed by atoms with Crippen LogP contribution in [0.5, 0.6) is 0 Å². The van der Waals surface area contributed by atoms with Crippen molar-refractivity contribution in [3.8, 4) is 0 Å². The fourth-order valence-corrected chi connectivity index (χ4v) is 6.89. The lowest BCUT2D eigenvalue weighted by atomic mass is 9.88. The molecule has 2 heterocycles. The van der Waals surface area contributed by atoms with Crippen molar-refractivity contribution >= 4 is 11.6 Å². The van der Waals surface area contributed by atoms with E-state index in [4.69, 9.17) is 0 Å². The van der Waals surface area contributed by atoms with Crippen LogP contribution in [0, 0.1) is 33.6 Å². The fraction of sp³-hybridized carbons (Fsp3) is 0.436. The van der Waals surface area contributed by atoms with Gasteiger partial charge in [0.25, 0.3) is 11.1 Å². The molecule has 0 bridgehead atoms. The smallest absolute Gasteiger partial charge is 0.304 e. The number of carbonyl (C=O) groups excluding carboxylic acids is 2. The summed E-state index contributed by atoms with van der Waals surface area (Å²) in [6, 6.07) is 11.1. The number of aromatic nitrogens is 4. The zero-order chi connectivity index (χ0) is 36.2. The molecule has 0 unspecified atom stereocenters. The molecule has 0 saturated heterocycles. The summed E-state index contributed by atoms with van der Waals surface area (Å²) in [4.78, 5) is 82.0. The molecule has 10 nitrogen and oxygen atoms in total. The lowest BCUT2D eigenvalue weighted by molar-refractivity contribution is 0.102. The van der Waals surface area contributed by atoms with Crippen LogP contribution in [0.3, 0.4) is 0 Å². The molecule has 1 aliphatic rings. The average molecular weight is 669 g/mol. The van der Waals surface area contributed by atoms with E-state index in [1.807, 2.05) is 65.8 Å². The second kappa shape index (κ2) is 15.6. The molecule has 2 aromatic heterocycles. The van der Waals surface area contributed by atoms with Gasteiger partial charge in [-0.2, -0.15) is 0 Å². The Labute approximate surface area is 286 Å². The van der Waals surface area contributed by atoms with Crippen molar-refractivity contribution in [3.05, 3.63) is 134 Å². The number of hydrogen-bond acceptors (Lipinski definition) is 6. The highest BCUT2D eigenvalue weighted by Gasteiger charge is 2.27. The third kappa shape index (κ3) is 8.79. The fourth-order valence-electron chi connectivity index (χ4n) is 6.89. The van der Waals surface area contributed by atoms with Gasteiger partial charge >= 0.3 is 11.4 Å². The van der Waals surface area contributed by atoms with Crippen LogP contribution < -0.4 is 22.5 Å². The van der Waals surface area contributed by atoms with Crippen molar-refractivity contribution in [2.24, 2.45) is 5.92 Å². The van der Waals surface area contributed by atoms with Gasteiger partial charge in [-0.15, -0.1) is 0 Å². The molecule has 0 atom stereocenters. The minimum Gasteiger partial charge on any atom is -0.304 e. The maximum atomic E-state index is 13.5. The van der Waals surface area contributed by atoms with Crippen molar-refractivity contribution in [3.63, 3.8) is 0 Å². The predicted octanol–water partition coefficient (Wildman–Crippen LogP) is 6.12. The Kier molecular flexibility index (Phi) is 11.7. The van der Waals surface area contributed by atoms with Gasteiger partial charge in [0.2, 0.25) is 11.6 Å². The van der Waals surface area contributed by atoms with E-state index in [1.54, 1.807) is 26.0 Å². The van der Waals surface area contributed by atoms with E-state index in [0.717, 1.165) is 47.9 Å². The molecule has 4 aromatic rings. The summed E-state index contributed by atoms with van der Waals surface area (Å²) in [5.74, 6) is -0.548. The third-order valence-corrected chi connectivity index (χ3v) is 8.94. The lowest BCUT2D eigenvalue weighted by Crippen LogP contribution is -2.39. The number of benzene rings is 2. The average Bonchev–Trinajstić information content (AvgIpc) is 3.00. The molecule has 49 heavy (non-hydrogen) atoms. The van der Waals surface area contributed by atoms with E-state index in [-0.39, 0.29) is 34.8 Å². The van der Waals surface area contributed by atoms with E-state index in [0.29, 0.717) is 34.7 Å². The first-order valence-electron chi connectivity index (χ1n) is 17.1. The molecular formula is C39H48N4O6. The number of nitrogens with zero attached hydrogens (tertiary/aromatic N) is 1. The van der Waals surface area contributed by atoms with E-state index in [9.17, 15) is 28.8 Å². The molecule has 1 aliphatic carbocycles. The first kappa shape index (κ1) is 37.0. The Bertz CT molecular complexity index is 2070. The van der Waals surface area contributed by atoms with Gasteiger partial charge in [0.15, 0.2) is 0 Å². The molecule has 1 fully saturated rings. The predicted molar refractivity (Wildman–Crippen MR) is 192 cm³/mol. The van der Waals surface area contributed by atoms with Crippen molar-refractivity contribution in [1.29, 1.82) is 0 Å². The van der Waals surface area contributed by atoms with Gasteiger partial charge in [-0.25, -0.2) is 9.59 Å². The molecule has 0 aliphatic heterocycles. The van der Waals surface area contributed by atoms with Crippen LogP contribution in [0.25, 0.3) is 0 Å². The molecule has 1 saturated carbocycles. The largest absolute Gasteiger partial charge is 0.328 e. The molecule has 2 aromatic carbocycles. The van der Waals surface area contributed by atoms with Gasteiger partial charge in [0, 0.05) is 28.8 Å². The minimum absolute atomic E-state index is 0.0729. The van der Waals surface area contributed by atoms with Crippen LogP contribution in [0.1, 0.15) is 137 Å². The van der Waals surface area contributed by atoms with E-state index in [2.05, 4.69) is 15.0 Å². The summed E-state index contributed by atoms with van der Waals surface area (Å²) in [7, 11) is 0. The molecular weight excluding hydrogens is 620 g/mol. The maximum Gasteiger partial charge on any atom is 0.328 e. The van der Waals surface area contributed by atoms with E-state index < -0.39 is 22.5 Å². The second-order valence-electron chi connectivity index (χ2n) is 14.1. The topological polar surface area (TPSA) is 155 Å². The summed E-state index contributed by atoms with van der Waals surface area (Å²) in [6.07, 6.45) is 5.64. The van der Waals surface area contributed by atoms with Crippen molar-refractivity contribution in [2.45, 2.75) is 106 Å². The molecule has 3 N–H and O–H groups in total. The zero-order valence-corrected chi connectivity index (χ0v) is 29.8. The van der Waals surface area contributed by atoms with Gasteiger partial charge in [0.1, 0.15) is 5.69 Å². The van der Waals surface area contributed by atoms with Gasteiger partial charge in [-0.3, -0.25) is 33.7 Å². The minimum atomic E-state index is -0.669. The first-order chi connectivity index (χ1) is 23.1. The molecule has 0 amide bonds. The second-order valence-corrected chi connectivity index (χ2v) is 14.1. The Morgan fingerprint density at radius 3 is 1.61 bits per heavy atom. The quantitative estimate of drug-likeness (QED) is 0.192. The Hall–Kier alpha value is -4.86. The summed E-state index contributed by atoms with van der Waals surface area (Å²) in [5, 5.41) is 0. The maximum absolute atomic E-state index is 13.5. The molecule has 0 radical (unpaired) electrons. The van der Waals surface area contributed by atoms with Crippen LogP contribution in [0.2, 0.25) is 0 Å². The van der Waals surface area contributed by atoms with Gasteiger partial charge < -0.3 is 4.98 Å². The summed E-state index contributed by atoms with van der Waals surface area (Å²) in [6.45, 7) is 15.6. The number of H-pyrrole nitrogens is 3. The van der Waals surface area contributed by atoms with Crippen molar-refractivity contribution < 1.29 is 9.59 Å². The highest BCUT2D eigenvalue weighted by Crippen LogP contribution is 2.27. The highest BCUT2D eigenvalue weighted by atomic mass is 16.2. The highest BCUT2D eigenvalue weighted by molar-refractivity contribution is 6.09. The van der Waals surface area contributed by atoms with Crippen molar-refractivity contribution in [1.82, 2.24) is 19.5 Å². The number of nitrogens with one attached hydrogen (secondary N) is 3. The number of carbonyl (C=O) groups is 2. The van der Waals surface area contributed by atoms with Crippen LogP contribution >= 0.6 is 0 Å². The standard InChI is InChI=1S/C23H30N2O3.C16H18N2O3/c1-14(2)19-20(21(26)18-11-15(3)10-16(4)12-18)25(23(28)24-22(19)27)13-17-8-6-5-7-9-17;1-8(2)12-13(17-16(21)18-15(12)20)14(19)11-6-9(3)5-10(4)7-11/h10-12,14,17H,5-9,13H2,1-4H3,(H,24,27,28);5-8H,1-4H3,(H2,17,18,20,21). The molecule has 0 spiro atoms. The zero-order valence-electron chi connectivity index (χ0n) is 29.8. The summed E-state index contributed by atoms with van der Waals surface area (Å²) < 4.78 is 1.53. The number of ketones is 2. The van der Waals surface area contributed by atoms with Crippen LogP contribution in [0.4, 0.5) is 0 Å². The number of hydrogen-bond donors (Lipinski definition) is 3. The van der Waals surface area contributed by atoms with Crippen LogP contribution in [-0.2, 0) is 6.54 Å². The van der Waals surface area contributed by atoms with Gasteiger partial charge in [0.05, 0.1) is 5.69 Å². The summed E-state index contributed by atoms with van der Waals surface area (Å²) in [5.41, 5.74) is 3.81. The van der Waals surface area contributed by atoms with Crippen LogP contribution in [0.15, 0.2) is 55.6 Å². The SMILES string of the molecule is Cc1cc(C)cc(C(=O)c2[nH]c(=O)[nH]c(=O)c2C(C)C)c1.Cc1cc(C)cc(C(=O)c2c(C(C)C)c(=O)[nH]c(=O)n2CC2CCCCC2)c1. The Balaban J connectivity index is 0.000000230. The van der Waals surface area contributed by atoms with E-state index >= 15 is 0 Å². The van der Waals surface area contributed by atoms with Crippen molar-refractivity contribution in [2.75, 3.05) is 0 Å². The number of aromatic amines is 3. The van der Waals surface area contributed by atoms with Gasteiger partial charge in [-0.05, 0) is 82.6 Å². The molecule has 260 valence electrons. The molecule has 10 heteroatoms. The Morgan fingerprint density at radius 2 is 1.12 bits per heavy atom. The number of rotatable bonds is 8. The monoisotopic (exact) mass is 668 g/mol. The van der Waals surface area contributed by atoms with Crippen LogP contribution in [-0.4, -0.2) is 31.1 Å². The normalized spacial score (nSPS) is 13.3. The lowest BCUT2D eigenvalue weighted by Gasteiger charge is -2.25. The summed E-state index contributed by atoms with van der Waals surface area (Å²) >= 11 is 0. The van der Waals surface area contributed by atoms with E-state index in [1.165, 1.54) is 11.0 Å². The first-order valence-corrected chi connectivity index (χ1v) is 17.1. The number of aryl methyl sites for hydroxylation is 4.